The summed E-state index contributed by atoms with van der Waals surface area (Å²) in [4.78, 5) is 17.2. The number of aromatic nitrogens is 1. The minimum absolute atomic E-state index is 0.108. The van der Waals surface area contributed by atoms with Crippen LogP contribution in [0.25, 0.3) is 11.3 Å². The maximum atomic E-state index is 13.1. The fourth-order valence-electron chi connectivity index (χ4n) is 3.88. The van der Waals surface area contributed by atoms with Crippen LogP contribution in [-0.2, 0) is 6.61 Å². The lowest BCUT2D eigenvalue weighted by Crippen LogP contribution is -2.49. The second-order valence-corrected chi connectivity index (χ2v) is 7.10. The largest absolute Gasteiger partial charge is 0.497 e. The van der Waals surface area contributed by atoms with Crippen molar-refractivity contribution in [3.05, 3.63) is 59.8 Å². The summed E-state index contributed by atoms with van der Waals surface area (Å²) in [5, 5.41) is 4.10. The molecule has 3 heterocycles. The Balaban J connectivity index is 1.32. The smallest absolute Gasteiger partial charge is 0.276 e. The van der Waals surface area contributed by atoms with Gasteiger partial charge in [-0.25, -0.2) is 0 Å². The highest BCUT2D eigenvalue weighted by Crippen LogP contribution is 2.38. The molecular weight excluding hydrogens is 370 g/mol. The van der Waals surface area contributed by atoms with Gasteiger partial charge in [-0.2, -0.15) is 0 Å². The van der Waals surface area contributed by atoms with Gasteiger partial charge in [0.2, 0.25) is 0 Å². The Labute approximate surface area is 168 Å². The number of benzene rings is 2. The average Bonchev–Trinajstić information content (AvgIpc) is 3.23. The summed E-state index contributed by atoms with van der Waals surface area (Å²) in [7, 11) is 1.66. The summed E-state index contributed by atoms with van der Waals surface area (Å²) in [5.74, 6) is 2.10. The SMILES string of the molecule is COc1cccc(N2CCN(C(=O)c3noc4c3COc3ccccc3-4)CC2)c1. The Morgan fingerprint density at radius 3 is 2.72 bits per heavy atom. The Bertz CT molecular complexity index is 1050. The third-order valence-electron chi connectivity index (χ3n) is 5.48. The second kappa shape index (κ2) is 7.16. The molecule has 1 saturated heterocycles. The molecule has 7 heteroatoms. The molecule has 148 valence electrons. The summed E-state index contributed by atoms with van der Waals surface area (Å²) in [5.41, 5.74) is 3.01. The number of fused-ring (bicyclic) bond motifs is 3. The molecule has 1 aromatic heterocycles. The maximum absolute atomic E-state index is 13.1. The Kier molecular flexibility index (Phi) is 4.35. The minimum Gasteiger partial charge on any atom is -0.497 e. The number of rotatable bonds is 3. The Morgan fingerprint density at radius 2 is 1.90 bits per heavy atom. The fraction of sp³-hybridized carbons (Fsp3) is 0.273. The van der Waals surface area contributed by atoms with Gasteiger partial charge in [-0.3, -0.25) is 4.79 Å². The van der Waals surface area contributed by atoms with E-state index < -0.39 is 0 Å². The standard InChI is InChI=1S/C22H21N3O4/c1-27-16-6-4-5-15(13-16)24-9-11-25(12-10-24)22(26)20-18-14-28-19-8-3-2-7-17(19)21(18)29-23-20/h2-8,13H,9-12,14H2,1H3. The first-order valence-electron chi connectivity index (χ1n) is 9.63. The predicted molar refractivity (Wildman–Crippen MR) is 107 cm³/mol. The molecule has 0 unspecified atom stereocenters. The number of hydrogen-bond acceptors (Lipinski definition) is 6. The van der Waals surface area contributed by atoms with Gasteiger partial charge < -0.3 is 23.8 Å². The van der Waals surface area contributed by atoms with E-state index in [1.807, 2.05) is 47.4 Å². The van der Waals surface area contributed by atoms with Crippen LogP contribution in [0, 0.1) is 0 Å². The molecule has 1 amide bonds. The molecule has 2 aromatic carbocycles. The van der Waals surface area contributed by atoms with Crippen molar-refractivity contribution in [2.75, 3.05) is 38.2 Å². The zero-order valence-corrected chi connectivity index (χ0v) is 16.1. The summed E-state index contributed by atoms with van der Waals surface area (Å²) in [6.45, 7) is 3.03. The first-order chi connectivity index (χ1) is 14.2. The number of para-hydroxylation sites is 1. The molecule has 5 rings (SSSR count). The number of nitrogens with zero attached hydrogens (tertiary/aromatic N) is 3. The zero-order chi connectivity index (χ0) is 19.8. The first-order valence-corrected chi connectivity index (χ1v) is 9.63. The van der Waals surface area contributed by atoms with Crippen LogP contribution >= 0.6 is 0 Å². The lowest BCUT2D eigenvalue weighted by atomic mass is 10.0. The van der Waals surface area contributed by atoms with Crippen LogP contribution in [0.3, 0.4) is 0 Å². The van der Waals surface area contributed by atoms with Crippen LogP contribution in [0.2, 0.25) is 0 Å². The maximum Gasteiger partial charge on any atom is 0.276 e. The number of carbonyl (C=O) groups is 1. The molecule has 0 aliphatic carbocycles. The van der Waals surface area contributed by atoms with Gasteiger partial charge >= 0.3 is 0 Å². The third-order valence-corrected chi connectivity index (χ3v) is 5.48. The van der Waals surface area contributed by atoms with Gasteiger partial charge in [-0.1, -0.05) is 23.4 Å². The van der Waals surface area contributed by atoms with Crippen molar-refractivity contribution in [3.8, 4) is 22.8 Å². The highest BCUT2D eigenvalue weighted by molar-refractivity contribution is 5.95. The van der Waals surface area contributed by atoms with Gasteiger partial charge in [-0.05, 0) is 24.3 Å². The lowest BCUT2D eigenvalue weighted by Gasteiger charge is -2.36. The van der Waals surface area contributed by atoms with Crippen molar-refractivity contribution in [1.29, 1.82) is 0 Å². The zero-order valence-electron chi connectivity index (χ0n) is 16.1. The highest BCUT2D eigenvalue weighted by Gasteiger charge is 2.32. The molecule has 0 atom stereocenters. The average molecular weight is 391 g/mol. The molecule has 0 radical (unpaired) electrons. The van der Waals surface area contributed by atoms with Crippen LogP contribution < -0.4 is 14.4 Å². The number of ether oxygens (including phenoxy) is 2. The van der Waals surface area contributed by atoms with Crippen molar-refractivity contribution >= 4 is 11.6 Å². The molecular formula is C22H21N3O4. The van der Waals surface area contributed by atoms with Gasteiger partial charge in [0.05, 0.1) is 18.2 Å². The van der Waals surface area contributed by atoms with Gasteiger partial charge in [-0.15, -0.1) is 0 Å². The van der Waals surface area contributed by atoms with E-state index in [0.29, 0.717) is 31.2 Å². The van der Waals surface area contributed by atoms with E-state index in [0.717, 1.165) is 41.4 Å². The summed E-state index contributed by atoms with van der Waals surface area (Å²) >= 11 is 0. The topological polar surface area (TPSA) is 68.0 Å². The number of amides is 1. The molecule has 0 spiro atoms. The quantitative estimate of drug-likeness (QED) is 0.683. The summed E-state index contributed by atoms with van der Waals surface area (Å²) in [6, 6.07) is 15.6. The molecule has 2 aliphatic rings. The molecule has 3 aromatic rings. The van der Waals surface area contributed by atoms with E-state index >= 15 is 0 Å². The van der Waals surface area contributed by atoms with Gasteiger partial charge in [0, 0.05) is 37.9 Å². The molecule has 0 bridgehead atoms. The van der Waals surface area contributed by atoms with Crippen molar-refractivity contribution in [1.82, 2.24) is 10.1 Å². The van der Waals surface area contributed by atoms with Crippen LogP contribution in [-0.4, -0.2) is 49.3 Å². The van der Waals surface area contributed by atoms with Crippen LogP contribution in [0.15, 0.2) is 53.1 Å². The summed E-state index contributed by atoms with van der Waals surface area (Å²) in [6.07, 6.45) is 0. The summed E-state index contributed by atoms with van der Waals surface area (Å²) < 4.78 is 16.6. The molecule has 29 heavy (non-hydrogen) atoms. The fourth-order valence-corrected chi connectivity index (χ4v) is 3.88. The number of hydrogen-bond donors (Lipinski definition) is 0. The van der Waals surface area contributed by atoms with Crippen molar-refractivity contribution in [2.24, 2.45) is 0 Å². The number of piperazine rings is 1. The van der Waals surface area contributed by atoms with Crippen LogP contribution in [0.5, 0.6) is 11.5 Å². The Hall–Kier alpha value is -3.48. The van der Waals surface area contributed by atoms with Crippen molar-refractivity contribution in [2.45, 2.75) is 6.61 Å². The van der Waals surface area contributed by atoms with Gasteiger partial charge in [0.25, 0.3) is 5.91 Å². The predicted octanol–water partition coefficient (Wildman–Crippen LogP) is 3.21. The molecule has 2 aliphatic heterocycles. The molecule has 7 nitrogen and oxygen atoms in total. The van der Waals surface area contributed by atoms with Crippen molar-refractivity contribution in [3.63, 3.8) is 0 Å². The van der Waals surface area contributed by atoms with E-state index in [1.165, 1.54) is 0 Å². The monoisotopic (exact) mass is 391 g/mol. The van der Waals surface area contributed by atoms with E-state index in [9.17, 15) is 4.79 Å². The van der Waals surface area contributed by atoms with E-state index in [4.69, 9.17) is 14.0 Å². The van der Waals surface area contributed by atoms with Gasteiger partial charge in [0.1, 0.15) is 18.1 Å². The van der Waals surface area contributed by atoms with Crippen molar-refractivity contribution < 1.29 is 18.8 Å². The molecule has 0 saturated carbocycles. The third kappa shape index (κ3) is 3.08. The van der Waals surface area contributed by atoms with E-state index in [-0.39, 0.29) is 5.91 Å². The number of carbonyl (C=O) groups excluding carboxylic acids is 1. The van der Waals surface area contributed by atoms with E-state index in [1.54, 1.807) is 7.11 Å². The molecule has 1 fully saturated rings. The second-order valence-electron chi connectivity index (χ2n) is 7.10. The normalized spacial score (nSPS) is 15.3. The van der Waals surface area contributed by atoms with Crippen LogP contribution in [0.4, 0.5) is 5.69 Å². The molecule has 0 N–H and O–H groups in total. The highest BCUT2D eigenvalue weighted by atomic mass is 16.5. The van der Waals surface area contributed by atoms with E-state index in [2.05, 4.69) is 16.1 Å². The number of methoxy groups -OCH3 is 1. The number of anilines is 1. The minimum atomic E-state index is -0.108. The first kappa shape index (κ1) is 17.6. The lowest BCUT2D eigenvalue weighted by molar-refractivity contribution is 0.0734. The van der Waals surface area contributed by atoms with Crippen LogP contribution in [0.1, 0.15) is 16.1 Å². The Morgan fingerprint density at radius 1 is 1.07 bits per heavy atom. The van der Waals surface area contributed by atoms with Gasteiger partial charge in [0.15, 0.2) is 11.5 Å².